The molecule has 0 spiro atoms. The predicted molar refractivity (Wildman–Crippen MR) is 100 cm³/mol. The van der Waals surface area contributed by atoms with E-state index in [1.165, 1.54) is 7.11 Å². The summed E-state index contributed by atoms with van der Waals surface area (Å²) < 4.78 is 15.0. The van der Waals surface area contributed by atoms with Crippen molar-refractivity contribution in [3.05, 3.63) is 41.7 Å². The third kappa shape index (κ3) is 4.97. The summed E-state index contributed by atoms with van der Waals surface area (Å²) in [6.45, 7) is 4.76. The molecular weight excluding hydrogens is 364 g/mol. The topological polar surface area (TPSA) is 108 Å². The maximum Gasteiger partial charge on any atom is 0.344 e. The van der Waals surface area contributed by atoms with Gasteiger partial charge in [0.2, 0.25) is 0 Å². The summed E-state index contributed by atoms with van der Waals surface area (Å²) in [6.07, 6.45) is 0.667. The molecule has 8 nitrogen and oxygen atoms in total. The normalized spacial score (nSPS) is 12.7. The second-order valence-corrected chi connectivity index (χ2v) is 6.36. The quantitative estimate of drug-likeness (QED) is 0.692. The highest BCUT2D eigenvalue weighted by molar-refractivity contribution is 5.98. The minimum absolute atomic E-state index is 0.128. The van der Waals surface area contributed by atoms with Crippen LogP contribution < -0.4 is 5.32 Å². The summed E-state index contributed by atoms with van der Waals surface area (Å²) in [5, 5.41) is 6.46. The third-order valence-corrected chi connectivity index (χ3v) is 4.43. The Bertz CT molecular complexity index is 830. The van der Waals surface area contributed by atoms with Crippen molar-refractivity contribution in [3.63, 3.8) is 0 Å². The van der Waals surface area contributed by atoms with E-state index in [0.29, 0.717) is 17.7 Å². The van der Waals surface area contributed by atoms with Gasteiger partial charge in [0.25, 0.3) is 5.91 Å². The number of amides is 1. The van der Waals surface area contributed by atoms with Gasteiger partial charge >= 0.3 is 11.9 Å². The fraction of sp³-hybridized carbons (Fsp3) is 0.400. The van der Waals surface area contributed by atoms with Gasteiger partial charge in [0, 0.05) is 5.56 Å². The van der Waals surface area contributed by atoms with Crippen LogP contribution in [0.25, 0.3) is 11.3 Å². The van der Waals surface area contributed by atoms with Crippen LogP contribution in [0.15, 0.2) is 34.9 Å². The predicted octanol–water partition coefficient (Wildman–Crippen LogP) is 2.51. The van der Waals surface area contributed by atoms with Gasteiger partial charge in [-0.3, -0.25) is 4.79 Å². The number of ether oxygens (including phenoxy) is 2. The zero-order chi connectivity index (χ0) is 20.7. The minimum atomic E-state index is -0.807. The van der Waals surface area contributed by atoms with E-state index in [0.717, 1.165) is 0 Å². The molecule has 28 heavy (non-hydrogen) atoms. The number of benzene rings is 1. The molecule has 150 valence electrons. The van der Waals surface area contributed by atoms with Crippen molar-refractivity contribution in [1.29, 1.82) is 0 Å². The number of hydrogen-bond donors (Lipinski definition) is 1. The summed E-state index contributed by atoms with van der Waals surface area (Å²) in [7, 11) is 1.25. The Kier molecular flexibility index (Phi) is 7.31. The number of nitrogens with one attached hydrogen (secondary N) is 1. The van der Waals surface area contributed by atoms with E-state index in [1.807, 2.05) is 32.0 Å². The smallest absolute Gasteiger partial charge is 0.344 e. The SMILES string of the molecule is CC[C@H](C)[C@@H](NC(=O)COC(=O)c1c(-c2ccccc2)noc1C)C(=O)OC. The summed E-state index contributed by atoms with van der Waals surface area (Å²) in [6, 6.07) is 8.22. The lowest BCUT2D eigenvalue weighted by Crippen LogP contribution is -2.47. The molecule has 2 aromatic rings. The van der Waals surface area contributed by atoms with E-state index in [2.05, 4.69) is 10.5 Å². The monoisotopic (exact) mass is 388 g/mol. The number of aryl methyl sites for hydroxylation is 1. The van der Waals surface area contributed by atoms with Gasteiger partial charge in [-0.25, -0.2) is 9.59 Å². The van der Waals surface area contributed by atoms with Gasteiger partial charge in [-0.05, 0) is 12.8 Å². The molecule has 0 aliphatic rings. The van der Waals surface area contributed by atoms with Crippen LogP contribution in [-0.2, 0) is 19.1 Å². The first kappa shape index (κ1) is 21.1. The maximum absolute atomic E-state index is 12.5. The van der Waals surface area contributed by atoms with E-state index in [4.69, 9.17) is 14.0 Å². The molecule has 0 radical (unpaired) electrons. The van der Waals surface area contributed by atoms with E-state index in [1.54, 1.807) is 19.1 Å². The van der Waals surface area contributed by atoms with Crippen LogP contribution in [-0.4, -0.2) is 42.8 Å². The van der Waals surface area contributed by atoms with Gasteiger partial charge in [0.1, 0.15) is 23.1 Å². The summed E-state index contributed by atoms with van der Waals surface area (Å²) in [4.78, 5) is 36.5. The van der Waals surface area contributed by atoms with Crippen molar-refractivity contribution >= 4 is 17.8 Å². The highest BCUT2D eigenvalue weighted by Crippen LogP contribution is 2.25. The lowest BCUT2D eigenvalue weighted by Gasteiger charge is -2.21. The number of nitrogens with zero attached hydrogens (tertiary/aromatic N) is 1. The Morgan fingerprint density at radius 2 is 1.89 bits per heavy atom. The number of aromatic nitrogens is 1. The van der Waals surface area contributed by atoms with Gasteiger partial charge < -0.3 is 19.3 Å². The zero-order valence-electron chi connectivity index (χ0n) is 16.4. The molecule has 2 rings (SSSR count). The largest absolute Gasteiger partial charge is 0.467 e. The van der Waals surface area contributed by atoms with E-state index in [9.17, 15) is 14.4 Å². The molecule has 0 saturated heterocycles. The van der Waals surface area contributed by atoms with E-state index < -0.39 is 30.5 Å². The third-order valence-electron chi connectivity index (χ3n) is 4.43. The fourth-order valence-electron chi connectivity index (χ4n) is 2.62. The zero-order valence-corrected chi connectivity index (χ0v) is 16.4. The molecule has 1 aromatic heterocycles. The van der Waals surface area contributed by atoms with Crippen molar-refractivity contribution < 1.29 is 28.4 Å². The number of carbonyl (C=O) groups is 3. The fourth-order valence-corrected chi connectivity index (χ4v) is 2.62. The molecule has 0 saturated carbocycles. The first-order chi connectivity index (χ1) is 13.4. The van der Waals surface area contributed by atoms with Crippen molar-refractivity contribution in [2.45, 2.75) is 33.2 Å². The summed E-state index contributed by atoms with van der Waals surface area (Å²) >= 11 is 0. The molecule has 0 aliphatic heterocycles. The van der Waals surface area contributed by atoms with E-state index in [-0.39, 0.29) is 17.2 Å². The van der Waals surface area contributed by atoms with Crippen molar-refractivity contribution in [2.75, 3.05) is 13.7 Å². The maximum atomic E-state index is 12.5. The van der Waals surface area contributed by atoms with Crippen molar-refractivity contribution in [2.24, 2.45) is 5.92 Å². The van der Waals surface area contributed by atoms with Gasteiger partial charge in [-0.1, -0.05) is 55.8 Å². The summed E-state index contributed by atoms with van der Waals surface area (Å²) in [5.41, 5.74) is 1.19. The highest BCUT2D eigenvalue weighted by atomic mass is 16.5. The molecule has 0 unspecified atom stereocenters. The number of carbonyl (C=O) groups excluding carboxylic acids is 3. The van der Waals surface area contributed by atoms with Gasteiger partial charge in [0.15, 0.2) is 6.61 Å². The lowest BCUT2D eigenvalue weighted by molar-refractivity contribution is -0.147. The first-order valence-electron chi connectivity index (χ1n) is 8.95. The molecule has 0 aliphatic carbocycles. The molecule has 1 aromatic carbocycles. The van der Waals surface area contributed by atoms with Gasteiger partial charge in [-0.2, -0.15) is 0 Å². The Morgan fingerprint density at radius 1 is 1.21 bits per heavy atom. The molecule has 2 atom stereocenters. The second-order valence-electron chi connectivity index (χ2n) is 6.36. The van der Waals surface area contributed by atoms with Crippen LogP contribution in [0.5, 0.6) is 0 Å². The van der Waals surface area contributed by atoms with Gasteiger partial charge in [0.05, 0.1) is 7.11 Å². The number of rotatable bonds is 8. The molecule has 1 amide bonds. The Hall–Kier alpha value is -3.16. The standard InChI is InChI=1S/C20H24N2O6/c1-5-12(2)17(20(25)26-4)21-15(23)11-27-19(24)16-13(3)28-22-18(16)14-9-7-6-8-10-14/h6-10,12,17H,5,11H2,1-4H3,(H,21,23)/t12-,17+/m0/s1. The Balaban J connectivity index is 2.05. The van der Waals surface area contributed by atoms with Crippen molar-refractivity contribution in [1.82, 2.24) is 10.5 Å². The molecule has 0 bridgehead atoms. The average Bonchev–Trinajstić information content (AvgIpc) is 3.11. The number of hydrogen-bond acceptors (Lipinski definition) is 7. The van der Waals surface area contributed by atoms with Crippen LogP contribution in [0.2, 0.25) is 0 Å². The van der Waals surface area contributed by atoms with Crippen molar-refractivity contribution in [3.8, 4) is 11.3 Å². The minimum Gasteiger partial charge on any atom is -0.467 e. The Labute approximate surface area is 163 Å². The molecule has 8 heteroatoms. The number of esters is 2. The summed E-state index contributed by atoms with van der Waals surface area (Å²) in [5.74, 6) is -1.71. The average molecular weight is 388 g/mol. The van der Waals surface area contributed by atoms with Crippen LogP contribution in [0.4, 0.5) is 0 Å². The number of methoxy groups -OCH3 is 1. The molecular formula is C20H24N2O6. The highest BCUT2D eigenvalue weighted by Gasteiger charge is 2.28. The second kappa shape index (κ2) is 9.68. The van der Waals surface area contributed by atoms with Crippen LogP contribution in [0.3, 0.4) is 0 Å². The molecule has 1 heterocycles. The van der Waals surface area contributed by atoms with Crippen LogP contribution in [0.1, 0.15) is 36.4 Å². The Morgan fingerprint density at radius 3 is 2.50 bits per heavy atom. The van der Waals surface area contributed by atoms with Crippen LogP contribution >= 0.6 is 0 Å². The lowest BCUT2D eigenvalue weighted by atomic mass is 9.99. The van der Waals surface area contributed by atoms with E-state index >= 15 is 0 Å². The molecule has 1 N–H and O–H groups in total. The van der Waals surface area contributed by atoms with Crippen LogP contribution in [0, 0.1) is 12.8 Å². The first-order valence-corrected chi connectivity index (χ1v) is 8.95. The van der Waals surface area contributed by atoms with Gasteiger partial charge in [-0.15, -0.1) is 0 Å². The molecule has 0 fully saturated rings.